The lowest BCUT2D eigenvalue weighted by molar-refractivity contribution is 1.28. The van der Waals surface area contributed by atoms with E-state index in [1.807, 2.05) is 22.7 Å². The van der Waals surface area contributed by atoms with E-state index >= 15 is 0 Å². The molecule has 11 rings (SSSR count). The van der Waals surface area contributed by atoms with Crippen LogP contribution in [0.1, 0.15) is 0 Å². The summed E-state index contributed by atoms with van der Waals surface area (Å²) < 4.78 is 5.27. The van der Waals surface area contributed by atoms with E-state index in [2.05, 4.69) is 205 Å². The molecule has 0 unspecified atom stereocenters. The van der Waals surface area contributed by atoms with Crippen molar-refractivity contribution in [2.75, 3.05) is 4.90 Å². The Labute approximate surface area is 327 Å². The molecule has 0 N–H and O–H groups in total. The summed E-state index contributed by atoms with van der Waals surface area (Å²) in [6.45, 7) is 0. The molecule has 0 aliphatic carbocycles. The molecule has 55 heavy (non-hydrogen) atoms. The number of fused-ring (bicyclic) bond motifs is 7. The molecule has 9 aromatic carbocycles. The molecular weight excluding hydrogens is 703 g/mol. The molecule has 1 nitrogen and oxygen atoms in total. The van der Waals surface area contributed by atoms with Gasteiger partial charge in [0.15, 0.2) is 0 Å². The van der Waals surface area contributed by atoms with Crippen LogP contribution in [0.25, 0.3) is 84.5 Å². The van der Waals surface area contributed by atoms with E-state index in [0.717, 1.165) is 17.1 Å². The Morgan fingerprint density at radius 3 is 1.62 bits per heavy atom. The second kappa shape index (κ2) is 13.1. The average Bonchev–Trinajstić information content (AvgIpc) is 3.83. The van der Waals surface area contributed by atoms with Gasteiger partial charge in [0, 0.05) is 62.8 Å². The SMILES string of the molecule is c1ccc(N(c2ccc(-c3cccc4ccccc34)cc2)c2ccc(-c3cccc4sc5ccccc5c34)cc2)c(-c2cccc3c2sc2ccccc23)c1. The molecule has 2 aromatic heterocycles. The molecule has 0 aliphatic rings. The first-order chi connectivity index (χ1) is 27.3. The smallest absolute Gasteiger partial charge is 0.0540 e. The van der Waals surface area contributed by atoms with Gasteiger partial charge in [0.1, 0.15) is 0 Å². The molecule has 258 valence electrons. The van der Waals surface area contributed by atoms with Crippen molar-refractivity contribution in [2.45, 2.75) is 0 Å². The van der Waals surface area contributed by atoms with Crippen LogP contribution in [0.5, 0.6) is 0 Å². The molecule has 3 heteroatoms. The van der Waals surface area contributed by atoms with Crippen molar-refractivity contribution < 1.29 is 0 Å². The minimum Gasteiger partial charge on any atom is -0.310 e. The number of hydrogen-bond donors (Lipinski definition) is 0. The van der Waals surface area contributed by atoms with E-state index in [4.69, 9.17) is 0 Å². The van der Waals surface area contributed by atoms with Crippen molar-refractivity contribution in [1.29, 1.82) is 0 Å². The number of para-hydroxylation sites is 1. The summed E-state index contributed by atoms with van der Waals surface area (Å²) >= 11 is 3.75. The van der Waals surface area contributed by atoms with Gasteiger partial charge >= 0.3 is 0 Å². The molecule has 0 saturated heterocycles. The second-order valence-electron chi connectivity index (χ2n) is 14.0. The van der Waals surface area contributed by atoms with Gasteiger partial charge in [-0.05, 0) is 81.6 Å². The van der Waals surface area contributed by atoms with Crippen LogP contribution in [0.3, 0.4) is 0 Å². The van der Waals surface area contributed by atoms with Crippen LogP contribution in [0.2, 0.25) is 0 Å². The molecule has 0 fully saturated rings. The fourth-order valence-electron chi connectivity index (χ4n) is 8.36. The van der Waals surface area contributed by atoms with Gasteiger partial charge in [0.05, 0.1) is 5.69 Å². The fourth-order valence-corrected chi connectivity index (χ4v) is 10.7. The maximum atomic E-state index is 2.43. The lowest BCUT2D eigenvalue weighted by Crippen LogP contribution is -2.11. The number of nitrogens with zero attached hydrogens (tertiary/aromatic N) is 1. The normalized spacial score (nSPS) is 11.6. The monoisotopic (exact) mass is 735 g/mol. The maximum absolute atomic E-state index is 2.43. The summed E-state index contributed by atoms with van der Waals surface area (Å²) in [4.78, 5) is 2.43. The molecule has 0 radical (unpaired) electrons. The summed E-state index contributed by atoms with van der Waals surface area (Å²) in [6, 6.07) is 73.4. The highest BCUT2D eigenvalue weighted by Gasteiger charge is 2.20. The molecule has 0 amide bonds. The van der Waals surface area contributed by atoms with Crippen molar-refractivity contribution in [3.63, 3.8) is 0 Å². The van der Waals surface area contributed by atoms with Crippen molar-refractivity contribution in [3.8, 4) is 33.4 Å². The third kappa shape index (κ3) is 5.35. The third-order valence-electron chi connectivity index (χ3n) is 10.9. The minimum atomic E-state index is 1.11. The predicted molar refractivity (Wildman–Crippen MR) is 241 cm³/mol. The van der Waals surface area contributed by atoms with Gasteiger partial charge in [-0.1, -0.05) is 152 Å². The van der Waals surface area contributed by atoms with Gasteiger partial charge in [-0.25, -0.2) is 0 Å². The summed E-state index contributed by atoms with van der Waals surface area (Å²) in [7, 11) is 0. The van der Waals surface area contributed by atoms with E-state index in [0.29, 0.717) is 0 Å². The van der Waals surface area contributed by atoms with Crippen LogP contribution >= 0.6 is 22.7 Å². The topological polar surface area (TPSA) is 3.24 Å². The van der Waals surface area contributed by atoms with Crippen molar-refractivity contribution in [2.24, 2.45) is 0 Å². The summed E-state index contributed by atoms with van der Waals surface area (Å²) in [5.41, 5.74) is 10.7. The van der Waals surface area contributed by atoms with Gasteiger partial charge in [-0.15, -0.1) is 22.7 Å². The minimum absolute atomic E-state index is 1.11. The summed E-state index contributed by atoms with van der Waals surface area (Å²) in [5.74, 6) is 0. The van der Waals surface area contributed by atoms with Gasteiger partial charge in [0.2, 0.25) is 0 Å². The van der Waals surface area contributed by atoms with Crippen LogP contribution in [0.4, 0.5) is 17.1 Å². The van der Waals surface area contributed by atoms with E-state index in [-0.39, 0.29) is 0 Å². The van der Waals surface area contributed by atoms with E-state index in [1.54, 1.807) is 0 Å². The molecule has 2 heterocycles. The number of thiophene rings is 2. The van der Waals surface area contributed by atoms with Gasteiger partial charge in [-0.2, -0.15) is 0 Å². The zero-order chi connectivity index (χ0) is 36.3. The zero-order valence-corrected chi connectivity index (χ0v) is 31.4. The molecule has 0 saturated carbocycles. The molecule has 0 aliphatic heterocycles. The quantitative estimate of drug-likeness (QED) is 0.164. The second-order valence-corrected chi connectivity index (χ2v) is 16.2. The Kier molecular flexibility index (Phi) is 7.61. The highest BCUT2D eigenvalue weighted by atomic mass is 32.1. The summed E-state index contributed by atoms with van der Waals surface area (Å²) in [5, 5.41) is 7.78. The fraction of sp³-hybridized carbons (Fsp3) is 0. The molecule has 0 atom stereocenters. The Hall–Kier alpha value is -6.52. The van der Waals surface area contributed by atoms with Crippen LogP contribution in [0, 0.1) is 0 Å². The van der Waals surface area contributed by atoms with Crippen LogP contribution < -0.4 is 4.90 Å². The average molecular weight is 736 g/mol. The predicted octanol–water partition coefficient (Wildman–Crippen LogP) is 16.0. The Balaban J connectivity index is 1.08. The Morgan fingerprint density at radius 1 is 0.309 bits per heavy atom. The van der Waals surface area contributed by atoms with Crippen LogP contribution in [-0.2, 0) is 0 Å². The van der Waals surface area contributed by atoms with E-state index in [9.17, 15) is 0 Å². The van der Waals surface area contributed by atoms with Crippen molar-refractivity contribution in [3.05, 3.63) is 200 Å². The lowest BCUT2D eigenvalue weighted by atomic mass is 9.97. The number of hydrogen-bond acceptors (Lipinski definition) is 3. The lowest BCUT2D eigenvalue weighted by Gasteiger charge is -2.28. The number of anilines is 3. The number of benzene rings is 9. The van der Waals surface area contributed by atoms with Gasteiger partial charge in [0.25, 0.3) is 0 Å². The zero-order valence-electron chi connectivity index (χ0n) is 29.8. The molecule has 0 bridgehead atoms. The van der Waals surface area contributed by atoms with Gasteiger partial charge in [-0.3, -0.25) is 0 Å². The first kappa shape index (κ1) is 32.0. The van der Waals surface area contributed by atoms with Crippen molar-refractivity contribution >= 4 is 90.9 Å². The largest absolute Gasteiger partial charge is 0.310 e. The van der Waals surface area contributed by atoms with Crippen molar-refractivity contribution in [1.82, 2.24) is 0 Å². The molecule has 11 aromatic rings. The standard InChI is InChI=1S/C52H33NS2/c1-2-14-39-34(12-1)13-9-18-40(39)35-26-30-37(31-27-35)53(38-32-28-36(29-33-38)41-19-11-25-50-51(41)46-17-5-8-24-49(46)54-50)47-22-6-3-15-42(47)44-20-10-21-45-43-16-4-7-23-48(43)55-52(44)45/h1-33H. The van der Waals surface area contributed by atoms with E-state index < -0.39 is 0 Å². The Bertz CT molecular complexity index is 3200. The molecular formula is C52H33NS2. The Morgan fingerprint density at radius 2 is 0.818 bits per heavy atom. The maximum Gasteiger partial charge on any atom is 0.0540 e. The third-order valence-corrected chi connectivity index (χ3v) is 13.3. The highest BCUT2D eigenvalue weighted by molar-refractivity contribution is 7.26. The van der Waals surface area contributed by atoms with Crippen LogP contribution in [-0.4, -0.2) is 0 Å². The highest BCUT2D eigenvalue weighted by Crippen LogP contribution is 2.47. The van der Waals surface area contributed by atoms with E-state index in [1.165, 1.54) is 84.5 Å². The number of rotatable bonds is 6. The summed E-state index contributed by atoms with van der Waals surface area (Å²) in [6.07, 6.45) is 0. The van der Waals surface area contributed by atoms with Crippen LogP contribution in [0.15, 0.2) is 200 Å². The first-order valence-electron chi connectivity index (χ1n) is 18.7. The van der Waals surface area contributed by atoms with Gasteiger partial charge < -0.3 is 4.90 Å². The molecule has 0 spiro atoms. The first-order valence-corrected chi connectivity index (χ1v) is 20.3.